The molecule has 170 valence electrons. The van der Waals surface area contributed by atoms with E-state index in [-0.39, 0.29) is 19.0 Å². The topological polar surface area (TPSA) is 135 Å². The molecular weight excluding hydrogens is 415 g/mol. The maximum absolute atomic E-state index is 14.9. The number of carbonyl (C=O) groups is 2. The lowest BCUT2D eigenvalue weighted by molar-refractivity contribution is -0.119. The Labute approximate surface area is 185 Å². The molecule has 10 heteroatoms. The number of carbonyl (C=O) groups excluding carboxylic acids is 2. The summed E-state index contributed by atoms with van der Waals surface area (Å²) in [7, 11) is 0. The number of nitrogens with two attached hydrogens (primary N) is 2. The van der Waals surface area contributed by atoms with Crippen LogP contribution in [0.25, 0.3) is 11.1 Å². The zero-order valence-corrected chi connectivity index (χ0v) is 17.8. The van der Waals surface area contributed by atoms with Crippen LogP contribution in [-0.2, 0) is 16.1 Å². The summed E-state index contributed by atoms with van der Waals surface area (Å²) in [6.45, 7) is 3.22. The Balaban J connectivity index is 1.64. The molecule has 0 spiro atoms. The summed E-state index contributed by atoms with van der Waals surface area (Å²) >= 11 is 0. The molecule has 2 aromatic carbocycles. The van der Waals surface area contributed by atoms with Gasteiger partial charge in [-0.15, -0.1) is 0 Å². The van der Waals surface area contributed by atoms with Gasteiger partial charge in [0.25, 0.3) is 0 Å². The molecule has 0 saturated carbocycles. The van der Waals surface area contributed by atoms with Crippen molar-refractivity contribution in [3.63, 3.8) is 0 Å². The third-order valence-corrected chi connectivity index (χ3v) is 5.06. The standard InChI is InChI=1S/C22H27FN6O3/c1-14(30)27-12-19-13-29(22(31)32-19)18-6-7-20(21(23)8-18)16-4-2-15(3-5-16)10-26-11-17(9-24)28-25/h2-8,19,26H,9-13,24-25H2,1H3,(H,27,30)/b28-17+/t19-/m0/s1. The maximum atomic E-state index is 14.9. The fraction of sp³-hybridized carbons (Fsp3) is 0.318. The smallest absolute Gasteiger partial charge is 0.414 e. The molecule has 3 rings (SSSR count). The second kappa shape index (κ2) is 10.7. The molecule has 0 aliphatic carbocycles. The van der Waals surface area contributed by atoms with Gasteiger partial charge < -0.3 is 26.9 Å². The average Bonchev–Trinajstić information content (AvgIpc) is 3.16. The molecule has 1 atom stereocenters. The summed E-state index contributed by atoms with van der Waals surface area (Å²) in [4.78, 5) is 24.5. The highest BCUT2D eigenvalue weighted by Gasteiger charge is 2.32. The number of benzene rings is 2. The Morgan fingerprint density at radius 3 is 2.66 bits per heavy atom. The van der Waals surface area contributed by atoms with Gasteiger partial charge in [0.15, 0.2) is 0 Å². The molecule has 0 unspecified atom stereocenters. The molecule has 1 fully saturated rings. The van der Waals surface area contributed by atoms with E-state index in [0.29, 0.717) is 36.6 Å². The molecule has 1 aliphatic rings. The van der Waals surface area contributed by atoms with Crippen LogP contribution in [-0.4, -0.2) is 50.0 Å². The van der Waals surface area contributed by atoms with Gasteiger partial charge in [0.2, 0.25) is 5.91 Å². The van der Waals surface area contributed by atoms with E-state index in [4.69, 9.17) is 16.3 Å². The van der Waals surface area contributed by atoms with Crippen LogP contribution < -0.4 is 27.1 Å². The van der Waals surface area contributed by atoms with Crippen molar-refractivity contribution >= 4 is 23.4 Å². The monoisotopic (exact) mass is 442 g/mol. The van der Waals surface area contributed by atoms with E-state index in [1.165, 1.54) is 17.9 Å². The molecule has 2 aromatic rings. The number of nitrogens with one attached hydrogen (secondary N) is 2. The average molecular weight is 442 g/mol. The fourth-order valence-electron chi connectivity index (χ4n) is 3.33. The zero-order chi connectivity index (χ0) is 23.1. The highest BCUT2D eigenvalue weighted by Crippen LogP contribution is 2.29. The van der Waals surface area contributed by atoms with Crippen molar-refractivity contribution in [3.05, 3.63) is 53.8 Å². The molecule has 1 heterocycles. The van der Waals surface area contributed by atoms with Crippen molar-refractivity contribution in [2.45, 2.75) is 19.6 Å². The number of halogens is 1. The van der Waals surface area contributed by atoms with Crippen molar-refractivity contribution in [1.82, 2.24) is 10.6 Å². The number of rotatable bonds is 9. The van der Waals surface area contributed by atoms with E-state index in [0.717, 1.165) is 11.1 Å². The Morgan fingerprint density at radius 1 is 1.28 bits per heavy atom. The first-order chi connectivity index (χ1) is 15.4. The summed E-state index contributed by atoms with van der Waals surface area (Å²) in [5, 5.41) is 9.41. The molecule has 6 N–H and O–H groups in total. The van der Waals surface area contributed by atoms with Crippen LogP contribution in [0.5, 0.6) is 0 Å². The van der Waals surface area contributed by atoms with Gasteiger partial charge in [0, 0.05) is 32.1 Å². The van der Waals surface area contributed by atoms with Crippen LogP contribution >= 0.6 is 0 Å². The van der Waals surface area contributed by atoms with Crippen molar-refractivity contribution in [1.29, 1.82) is 0 Å². The number of cyclic esters (lactones) is 1. The molecule has 9 nitrogen and oxygen atoms in total. The first-order valence-corrected chi connectivity index (χ1v) is 10.2. The lowest BCUT2D eigenvalue weighted by Crippen LogP contribution is -2.33. The Bertz CT molecular complexity index is 996. The quantitative estimate of drug-likeness (QED) is 0.263. The number of hydrogen-bond donors (Lipinski definition) is 4. The van der Waals surface area contributed by atoms with E-state index in [1.807, 2.05) is 24.3 Å². The lowest BCUT2D eigenvalue weighted by Gasteiger charge is -2.15. The van der Waals surface area contributed by atoms with Crippen molar-refractivity contribution in [2.24, 2.45) is 16.7 Å². The van der Waals surface area contributed by atoms with Gasteiger partial charge >= 0.3 is 6.09 Å². The third-order valence-electron chi connectivity index (χ3n) is 5.06. The van der Waals surface area contributed by atoms with Gasteiger partial charge in [0.1, 0.15) is 11.9 Å². The summed E-state index contributed by atoms with van der Waals surface area (Å²) in [5.41, 5.74) is 8.76. The highest BCUT2D eigenvalue weighted by atomic mass is 19.1. The molecule has 1 saturated heterocycles. The normalized spacial score (nSPS) is 16.2. The maximum Gasteiger partial charge on any atom is 0.414 e. The van der Waals surface area contributed by atoms with E-state index in [2.05, 4.69) is 15.7 Å². The number of nitrogens with zero attached hydrogens (tertiary/aromatic N) is 2. The van der Waals surface area contributed by atoms with Crippen molar-refractivity contribution < 1.29 is 18.7 Å². The minimum absolute atomic E-state index is 0.207. The second-order valence-corrected chi connectivity index (χ2v) is 7.42. The molecule has 0 bridgehead atoms. The van der Waals surface area contributed by atoms with Crippen LogP contribution in [0.4, 0.5) is 14.9 Å². The molecule has 1 aliphatic heterocycles. The summed E-state index contributed by atoms with van der Waals surface area (Å²) in [5.74, 6) is 4.59. The first-order valence-electron chi connectivity index (χ1n) is 10.2. The highest BCUT2D eigenvalue weighted by molar-refractivity contribution is 5.90. The third kappa shape index (κ3) is 5.80. The van der Waals surface area contributed by atoms with E-state index in [9.17, 15) is 14.0 Å². The molecule has 0 aromatic heterocycles. The largest absolute Gasteiger partial charge is 0.442 e. The molecule has 0 radical (unpaired) electrons. The Kier molecular flexibility index (Phi) is 7.74. The first kappa shape index (κ1) is 23.2. The van der Waals surface area contributed by atoms with Gasteiger partial charge in [-0.2, -0.15) is 5.10 Å². The summed E-state index contributed by atoms with van der Waals surface area (Å²) in [6.07, 6.45) is -1.05. The predicted octanol–water partition coefficient (Wildman–Crippen LogP) is 1.32. The minimum atomic E-state index is -0.568. The SMILES string of the molecule is CC(=O)NC[C@H]1CN(c2ccc(-c3ccc(CNC/C(CN)=N/N)cc3)c(F)c2)C(=O)O1. The van der Waals surface area contributed by atoms with Crippen LogP contribution in [0.15, 0.2) is 47.6 Å². The Morgan fingerprint density at radius 2 is 2.03 bits per heavy atom. The van der Waals surface area contributed by atoms with Gasteiger partial charge in [-0.3, -0.25) is 9.69 Å². The number of hydrazone groups is 1. The fourth-order valence-corrected chi connectivity index (χ4v) is 3.33. The van der Waals surface area contributed by atoms with Gasteiger partial charge in [-0.05, 0) is 29.3 Å². The lowest BCUT2D eigenvalue weighted by atomic mass is 10.0. The van der Waals surface area contributed by atoms with Crippen LogP contribution in [0, 0.1) is 5.82 Å². The van der Waals surface area contributed by atoms with E-state index in [1.54, 1.807) is 12.1 Å². The zero-order valence-electron chi connectivity index (χ0n) is 17.8. The van der Waals surface area contributed by atoms with Crippen LogP contribution in [0.2, 0.25) is 0 Å². The molecule has 32 heavy (non-hydrogen) atoms. The van der Waals surface area contributed by atoms with Crippen LogP contribution in [0.1, 0.15) is 12.5 Å². The number of ether oxygens (including phenoxy) is 1. The number of anilines is 1. The van der Waals surface area contributed by atoms with Crippen LogP contribution in [0.3, 0.4) is 0 Å². The molecule has 2 amide bonds. The second-order valence-electron chi connectivity index (χ2n) is 7.42. The molecular formula is C22H27FN6O3. The summed E-state index contributed by atoms with van der Waals surface area (Å²) in [6, 6.07) is 12.1. The number of hydrogen-bond acceptors (Lipinski definition) is 7. The van der Waals surface area contributed by atoms with Gasteiger partial charge in [-0.1, -0.05) is 24.3 Å². The summed E-state index contributed by atoms with van der Waals surface area (Å²) < 4.78 is 20.1. The van der Waals surface area contributed by atoms with Gasteiger partial charge in [0.05, 0.1) is 24.5 Å². The Hall–Kier alpha value is -3.50. The predicted molar refractivity (Wildman–Crippen MR) is 121 cm³/mol. The minimum Gasteiger partial charge on any atom is -0.442 e. The van der Waals surface area contributed by atoms with E-state index >= 15 is 0 Å². The van der Waals surface area contributed by atoms with Gasteiger partial charge in [-0.25, -0.2) is 9.18 Å². The number of amides is 2. The van der Waals surface area contributed by atoms with Crippen molar-refractivity contribution in [3.8, 4) is 11.1 Å². The van der Waals surface area contributed by atoms with E-state index < -0.39 is 18.0 Å². The van der Waals surface area contributed by atoms with Crippen molar-refractivity contribution in [2.75, 3.05) is 31.1 Å².